The molecular weight excluding hydrogens is 295 g/mol. The fraction of sp³-hybridized carbons (Fsp3) is 0.727. The third kappa shape index (κ3) is 3.19. The Balaban J connectivity index is 2.79. The van der Waals surface area contributed by atoms with Crippen LogP contribution < -0.4 is 10.6 Å². The monoisotopic (exact) mass is 311 g/mol. The minimum absolute atomic E-state index is 0.349. The summed E-state index contributed by atoms with van der Waals surface area (Å²) in [7, 11) is 1.35. The van der Waals surface area contributed by atoms with Crippen LogP contribution in [0.15, 0.2) is 0 Å². The zero-order valence-corrected chi connectivity index (χ0v) is 11.5. The molecule has 1 heterocycles. The average Bonchev–Trinajstić information content (AvgIpc) is 2.83. The molecule has 3 N–H and O–H groups in total. The standard InChI is InChI=1S/C11H16F3N3O4/c1-6(7(18)15-2)16-9(21)17-4-3-10(5-17,8(19)20)11(12,13)14/h6H,3-5H2,1-2H3,(H,15,18)(H,16,21)(H,19,20). The number of carbonyl (C=O) groups excluding carboxylic acids is 2. The normalized spacial score (nSPS) is 23.6. The van der Waals surface area contributed by atoms with Gasteiger partial charge in [0.25, 0.3) is 0 Å². The van der Waals surface area contributed by atoms with E-state index in [1.807, 2.05) is 0 Å². The van der Waals surface area contributed by atoms with Gasteiger partial charge in [0.05, 0.1) is 0 Å². The lowest BCUT2D eigenvalue weighted by molar-refractivity contribution is -0.227. The summed E-state index contributed by atoms with van der Waals surface area (Å²) in [5.74, 6) is -2.52. The maximum atomic E-state index is 12.9. The first kappa shape index (κ1) is 17.1. The van der Waals surface area contributed by atoms with Crippen molar-refractivity contribution in [1.82, 2.24) is 15.5 Å². The quantitative estimate of drug-likeness (QED) is 0.692. The van der Waals surface area contributed by atoms with Gasteiger partial charge in [0.1, 0.15) is 6.04 Å². The summed E-state index contributed by atoms with van der Waals surface area (Å²) >= 11 is 0. The highest BCUT2D eigenvalue weighted by molar-refractivity contribution is 5.87. The molecule has 1 aliphatic rings. The van der Waals surface area contributed by atoms with Crippen molar-refractivity contribution in [1.29, 1.82) is 0 Å². The van der Waals surface area contributed by atoms with Crippen molar-refractivity contribution in [3.05, 3.63) is 0 Å². The molecule has 10 heteroatoms. The van der Waals surface area contributed by atoms with Crippen LogP contribution in [0.1, 0.15) is 13.3 Å². The smallest absolute Gasteiger partial charge is 0.406 e. The molecule has 120 valence electrons. The van der Waals surface area contributed by atoms with Crippen molar-refractivity contribution < 1.29 is 32.7 Å². The first-order valence-corrected chi connectivity index (χ1v) is 6.12. The topological polar surface area (TPSA) is 98.7 Å². The Hall–Kier alpha value is -2.00. The number of urea groups is 1. The number of hydrogen-bond donors (Lipinski definition) is 3. The Kier molecular flexibility index (Phi) is 4.69. The van der Waals surface area contributed by atoms with E-state index in [1.54, 1.807) is 0 Å². The zero-order valence-electron chi connectivity index (χ0n) is 11.5. The molecule has 7 nitrogen and oxygen atoms in total. The number of nitrogens with zero attached hydrogens (tertiary/aromatic N) is 1. The predicted molar refractivity (Wildman–Crippen MR) is 64.4 cm³/mol. The zero-order chi connectivity index (χ0) is 16.4. The Labute approximate surface area is 118 Å². The molecule has 0 bridgehead atoms. The van der Waals surface area contributed by atoms with Crippen molar-refractivity contribution >= 4 is 17.9 Å². The van der Waals surface area contributed by atoms with Gasteiger partial charge in [0.2, 0.25) is 5.91 Å². The van der Waals surface area contributed by atoms with Crippen LogP contribution >= 0.6 is 0 Å². The van der Waals surface area contributed by atoms with E-state index in [2.05, 4.69) is 10.6 Å². The van der Waals surface area contributed by atoms with Gasteiger partial charge in [-0.05, 0) is 13.3 Å². The molecular formula is C11H16F3N3O4. The number of carbonyl (C=O) groups is 3. The summed E-state index contributed by atoms with van der Waals surface area (Å²) in [5.41, 5.74) is -2.96. The highest BCUT2D eigenvalue weighted by Gasteiger charge is 2.64. The lowest BCUT2D eigenvalue weighted by atomic mass is 9.86. The van der Waals surface area contributed by atoms with Crippen LogP contribution in [0.2, 0.25) is 0 Å². The van der Waals surface area contributed by atoms with E-state index < -0.39 is 48.5 Å². The fourth-order valence-electron chi connectivity index (χ4n) is 2.07. The second kappa shape index (κ2) is 5.78. The first-order chi connectivity index (χ1) is 9.55. The maximum Gasteiger partial charge on any atom is 0.406 e. The van der Waals surface area contributed by atoms with Crippen LogP contribution in [0.3, 0.4) is 0 Å². The number of nitrogens with one attached hydrogen (secondary N) is 2. The number of hydrogen-bond acceptors (Lipinski definition) is 3. The summed E-state index contributed by atoms with van der Waals surface area (Å²) in [6, 6.07) is -1.84. The lowest BCUT2D eigenvalue weighted by Crippen LogP contribution is -2.51. The van der Waals surface area contributed by atoms with Crippen molar-refractivity contribution in [2.75, 3.05) is 20.1 Å². The molecule has 2 atom stereocenters. The molecule has 1 fully saturated rings. The van der Waals surface area contributed by atoms with Gasteiger partial charge in [-0.3, -0.25) is 9.59 Å². The predicted octanol–water partition coefficient (Wildman–Crippen LogP) is 0.170. The van der Waals surface area contributed by atoms with Crippen LogP contribution in [0.5, 0.6) is 0 Å². The van der Waals surface area contributed by atoms with Crippen molar-refractivity contribution in [3.63, 3.8) is 0 Å². The Morgan fingerprint density at radius 1 is 1.33 bits per heavy atom. The number of likely N-dealkylation sites (N-methyl/N-ethyl adjacent to an activating group) is 1. The molecule has 0 aromatic rings. The number of rotatable bonds is 3. The van der Waals surface area contributed by atoms with Crippen LogP contribution in [-0.4, -0.2) is 60.3 Å². The van der Waals surface area contributed by atoms with Crippen LogP contribution in [0.25, 0.3) is 0 Å². The minimum Gasteiger partial charge on any atom is -0.481 e. The number of carboxylic acid groups (broad SMARTS) is 1. The Morgan fingerprint density at radius 3 is 2.29 bits per heavy atom. The van der Waals surface area contributed by atoms with Gasteiger partial charge in [-0.15, -0.1) is 0 Å². The average molecular weight is 311 g/mol. The largest absolute Gasteiger partial charge is 0.481 e. The number of halogens is 3. The van der Waals surface area contributed by atoms with Gasteiger partial charge in [0.15, 0.2) is 5.41 Å². The molecule has 1 rings (SSSR count). The Morgan fingerprint density at radius 2 is 1.90 bits per heavy atom. The number of aliphatic carboxylic acids is 1. The number of alkyl halides is 3. The molecule has 1 saturated heterocycles. The van der Waals surface area contributed by atoms with Gasteiger partial charge in [-0.25, -0.2) is 4.79 Å². The summed E-state index contributed by atoms with van der Waals surface area (Å²) in [6.45, 7) is 0.0389. The third-order valence-electron chi connectivity index (χ3n) is 3.49. The number of amides is 3. The van der Waals surface area contributed by atoms with Crippen molar-refractivity contribution in [3.8, 4) is 0 Å². The second-order valence-corrected chi connectivity index (χ2v) is 4.84. The van der Waals surface area contributed by atoms with Gasteiger partial charge in [-0.1, -0.05) is 0 Å². The molecule has 0 radical (unpaired) electrons. The van der Waals surface area contributed by atoms with Crippen LogP contribution in [0.4, 0.5) is 18.0 Å². The molecule has 3 amide bonds. The van der Waals surface area contributed by atoms with E-state index in [4.69, 9.17) is 5.11 Å². The molecule has 0 aromatic heterocycles. The van der Waals surface area contributed by atoms with Gasteiger partial charge in [-0.2, -0.15) is 13.2 Å². The summed E-state index contributed by atoms with van der Waals surface area (Å²) in [5, 5.41) is 13.4. The molecule has 21 heavy (non-hydrogen) atoms. The van der Waals surface area contributed by atoms with E-state index in [9.17, 15) is 27.6 Å². The van der Waals surface area contributed by atoms with E-state index in [-0.39, 0.29) is 6.54 Å². The van der Waals surface area contributed by atoms with Crippen LogP contribution in [0, 0.1) is 5.41 Å². The highest BCUT2D eigenvalue weighted by atomic mass is 19.4. The van der Waals surface area contributed by atoms with Crippen molar-refractivity contribution in [2.24, 2.45) is 5.41 Å². The van der Waals surface area contributed by atoms with Crippen LogP contribution in [-0.2, 0) is 9.59 Å². The van der Waals surface area contributed by atoms with E-state index in [1.165, 1.54) is 14.0 Å². The minimum atomic E-state index is -4.96. The SMILES string of the molecule is CNC(=O)C(C)NC(=O)N1CCC(C(=O)O)(C(F)(F)F)C1. The first-order valence-electron chi connectivity index (χ1n) is 6.12. The molecule has 2 unspecified atom stereocenters. The number of likely N-dealkylation sites (tertiary alicyclic amines) is 1. The molecule has 0 saturated carbocycles. The van der Waals surface area contributed by atoms with E-state index >= 15 is 0 Å². The molecule has 0 spiro atoms. The van der Waals surface area contributed by atoms with Gasteiger partial charge in [0, 0.05) is 20.1 Å². The second-order valence-electron chi connectivity index (χ2n) is 4.84. The Bertz CT molecular complexity index is 454. The van der Waals surface area contributed by atoms with Gasteiger partial charge < -0.3 is 20.6 Å². The summed E-state index contributed by atoms with van der Waals surface area (Å²) in [6.07, 6.45) is -5.67. The summed E-state index contributed by atoms with van der Waals surface area (Å²) < 4.78 is 38.8. The van der Waals surface area contributed by atoms with E-state index in [0.717, 1.165) is 4.90 Å². The molecule has 1 aliphatic heterocycles. The third-order valence-corrected chi connectivity index (χ3v) is 3.49. The maximum absolute atomic E-state index is 12.9. The van der Waals surface area contributed by atoms with E-state index in [0.29, 0.717) is 0 Å². The molecule has 0 aromatic carbocycles. The number of carboxylic acids is 1. The fourth-order valence-corrected chi connectivity index (χ4v) is 2.07. The lowest BCUT2D eigenvalue weighted by Gasteiger charge is -2.27. The summed E-state index contributed by atoms with van der Waals surface area (Å²) in [4.78, 5) is 34.8. The van der Waals surface area contributed by atoms with Crippen molar-refractivity contribution in [2.45, 2.75) is 25.6 Å². The highest BCUT2D eigenvalue weighted by Crippen LogP contribution is 2.45. The molecule has 0 aliphatic carbocycles. The van der Waals surface area contributed by atoms with Gasteiger partial charge >= 0.3 is 18.2 Å².